The van der Waals surface area contributed by atoms with Gasteiger partial charge in [0.15, 0.2) is 17.4 Å². The minimum atomic E-state index is -1.21. The Hall–Kier alpha value is -3.56. The second kappa shape index (κ2) is 8.89. The smallest absolute Gasteiger partial charge is 0.328 e. The molecule has 0 aliphatic heterocycles. The third kappa shape index (κ3) is 4.78. The largest absolute Gasteiger partial charge is 0.490 e. The van der Waals surface area contributed by atoms with E-state index in [9.17, 15) is 28.5 Å². The van der Waals surface area contributed by atoms with Crippen LogP contribution in [-0.2, 0) is 16.0 Å². The van der Waals surface area contributed by atoms with E-state index in [1.165, 1.54) is 25.3 Å². The number of nitrogens with one attached hydrogen (secondary N) is 1. The second-order valence-electron chi connectivity index (χ2n) is 5.65. The number of halogens is 2. The Labute approximate surface area is 158 Å². The quantitative estimate of drug-likeness (QED) is 0.439. The summed E-state index contributed by atoms with van der Waals surface area (Å²) in [5, 5.41) is 13.5. The molecule has 0 saturated heterocycles. The van der Waals surface area contributed by atoms with Gasteiger partial charge < -0.3 is 14.8 Å². The SMILES string of the molecule is COC(=O)[C@@H](Cc1ccc(OC)c([N+](=O)[O-])c1)NC(=O)c1ccc(F)c(F)c1. The Bertz CT molecular complexity index is 919. The van der Waals surface area contributed by atoms with Crippen LogP contribution in [0.1, 0.15) is 15.9 Å². The Morgan fingerprint density at radius 3 is 2.43 bits per heavy atom. The van der Waals surface area contributed by atoms with Crippen molar-refractivity contribution in [2.24, 2.45) is 0 Å². The van der Waals surface area contributed by atoms with Crippen molar-refractivity contribution in [3.05, 3.63) is 69.3 Å². The van der Waals surface area contributed by atoms with E-state index in [2.05, 4.69) is 10.1 Å². The zero-order valence-corrected chi connectivity index (χ0v) is 14.9. The number of esters is 1. The summed E-state index contributed by atoms with van der Waals surface area (Å²) < 4.78 is 35.9. The summed E-state index contributed by atoms with van der Waals surface area (Å²) in [5.41, 5.74) is -0.155. The van der Waals surface area contributed by atoms with Crippen molar-refractivity contribution in [3.8, 4) is 5.75 Å². The summed E-state index contributed by atoms with van der Waals surface area (Å²) >= 11 is 0. The first kappa shape index (κ1) is 20.7. The number of benzene rings is 2. The van der Waals surface area contributed by atoms with Crippen LogP contribution in [0.25, 0.3) is 0 Å². The number of hydrogen-bond donors (Lipinski definition) is 1. The minimum absolute atomic E-state index is 0.0363. The molecule has 0 heterocycles. The molecule has 2 aromatic carbocycles. The van der Waals surface area contributed by atoms with Crippen LogP contribution < -0.4 is 10.1 Å². The van der Waals surface area contributed by atoms with Crippen molar-refractivity contribution < 1.29 is 32.8 Å². The van der Waals surface area contributed by atoms with Crippen LogP contribution in [0.3, 0.4) is 0 Å². The number of carbonyl (C=O) groups is 2. The highest BCUT2D eigenvalue weighted by Crippen LogP contribution is 2.28. The lowest BCUT2D eigenvalue weighted by molar-refractivity contribution is -0.385. The summed E-state index contributed by atoms with van der Waals surface area (Å²) in [4.78, 5) is 34.8. The van der Waals surface area contributed by atoms with E-state index in [0.717, 1.165) is 19.2 Å². The van der Waals surface area contributed by atoms with Gasteiger partial charge in [0.25, 0.3) is 5.91 Å². The van der Waals surface area contributed by atoms with Crippen molar-refractivity contribution in [3.63, 3.8) is 0 Å². The van der Waals surface area contributed by atoms with E-state index in [1.54, 1.807) is 0 Å². The summed E-state index contributed by atoms with van der Waals surface area (Å²) in [6.45, 7) is 0. The van der Waals surface area contributed by atoms with Crippen LogP contribution >= 0.6 is 0 Å². The number of nitro benzene ring substituents is 1. The molecule has 1 amide bonds. The maximum atomic E-state index is 13.3. The molecule has 1 atom stereocenters. The molecule has 0 saturated carbocycles. The number of amides is 1. The fourth-order valence-corrected chi connectivity index (χ4v) is 2.46. The van der Waals surface area contributed by atoms with Crippen LogP contribution in [0, 0.1) is 21.7 Å². The van der Waals surface area contributed by atoms with Gasteiger partial charge in [-0.15, -0.1) is 0 Å². The monoisotopic (exact) mass is 394 g/mol. The molecule has 0 aliphatic rings. The van der Waals surface area contributed by atoms with Crippen LogP contribution in [0.5, 0.6) is 5.75 Å². The Balaban J connectivity index is 2.26. The van der Waals surface area contributed by atoms with Crippen molar-refractivity contribution in [2.75, 3.05) is 14.2 Å². The third-order valence-electron chi connectivity index (χ3n) is 3.85. The molecule has 2 rings (SSSR count). The van der Waals surface area contributed by atoms with Gasteiger partial charge in [0.05, 0.1) is 19.1 Å². The van der Waals surface area contributed by atoms with E-state index in [1.807, 2.05) is 0 Å². The average molecular weight is 394 g/mol. The number of ether oxygens (including phenoxy) is 2. The molecular formula is C18H16F2N2O6. The molecule has 0 bridgehead atoms. The molecule has 10 heteroatoms. The highest BCUT2D eigenvalue weighted by atomic mass is 19.2. The van der Waals surface area contributed by atoms with Gasteiger partial charge in [-0.1, -0.05) is 6.07 Å². The molecule has 8 nitrogen and oxygen atoms in total. The third-order valence-corrected chi connectivity index (χ3v) is 3.85. The Morgan fingerprint density at radius 2 is 1.86 bits per heavy atom. The lowest BCUT2D eigenvalue weighted by Crippen LogP contribution is -2.43. The van der Waals surface area contributed by atoms with Crippen molar-refractivity contribution in [1.29, 1.82) is 0 Å². The molecule has 0 aromatic heterocycles. The first-order chi connectivity index (χ1) is 13.3. The molecule has 0 radical (unpaired) electrons. The number of rotatable bonds is 7. The van der Waals surface area contributed by atoms with Gasteiger partial charge in [-0.05, 0) is 29.8 Å². The van der Waals surface area contributed by atoms with Gasteiger partial charge in [0.2, 0.25) is 0 Å². The molecule has 0 fully saturated rings. The Morgan fingerprint density at radius 1 is 1.14 bits per heavy atom. The van der Waals surface area contributed by atoms with Crippen LogP contribution in [0.15, 0.2) is 36.4 Å². The maximum absolute atomic E-state index is 13.3. The van der Waals surface area contributed by atoms with Gasteiger partial charge in [-0.2, -0.15) is 0 Å². The van der Waals surface area contributed by atoms with Gasteiger partial charge >= 0.3 is 11.7 Å². The van der Waals surface area contributed by atoms with E-state index in [4.69, 9.17) is 4.74 Å². The minimum Gasteiger partial charge on any atom is -0.490 e. The molecule has 1 N–H and O–H groups in total. The van der Waals surface area contributed by atoms with E-state index < -0.39 is 34.5 Å². The first-order valence-electron chi connectivity index (χ1n) is 7.91. The number of carbonyl (C=O) groups excluding carboxylic acids is 2. The van der Waals surface area contributed by atoms with Gasteiger partial charge in [-0.25, -0.2) is 13.6 Å². The van der Waals surface area contributed by atoms with Crippen LogP contribution in [0.2, 0.25) is 0 Å². The lowest BCUT2D eigenvalue weighted by Gasteiger charge is -2.17. The van der Waals surface area contributed by atoms with Gasteiger partial charge in [0.1, 0.15) is 6.04 Å². The van der Waals surface area contributed by atoms with Crippen LogP contribution in [-0.4, -0.2) is 37.1 Å². The lowest BCUT2D eigenvalue weighted by atomic mass is 10.0. The molecule has 0 aliphatic carbocycles. The normalized spacial score (nSPS) is 11.4. The van der Waals surface area contributed by atoms with Gasteiger partial charge in [0, 0.05) is 18.1 Å². The fourth-order valence-electron chi connectivity index (χ4n) is 2.46. The predicted octanol–water partition coefficient (Wildman–Crippen LogP) is 2.40. The predicted molar refractivity (Wildman–Crippen MR) is 93.0 cm³/mol. The number of methoxy groups -OCH3 is 2. The summed E-state index contributed by atoms with van der Waals surface area (Å²) in [6, 6.07) is 5.38. The highest BCUT2D eigenvalue weighted by molar-refractivity contribution is 5.96. The fraction of sp³-hybridized carbons (Fsp3) is 0.222. The maximum Gasteiger partial charge on any atom is 0.328 e. The molecule has 2 aromatic rings. The number of hydrogen-bond acceptors (Lipinski definition) is 6. The molecule has 28 heavy (non-hydrogen) atoms. The van der Waals surface area contributed by atoms with Crippen molar-refractivity contribution >= 4 is 17.6 Å². The van der Waals surface area contributed by atoms with E-state index in [-0.39, 0.29) is 23.4 Å². The van der Waals surface area contributed by atoms with Crippen LogP contribution in [0.4, 0.5) is 14.5 Å². The van der Waals surface area contributed by atoms with E-state index >= 15 is 0 Å². The molecule has 148 valence electrons. The van der Waals surface area contributed by atoms with Crippen molar-refractivity contribution in [1.82, 2.24) is 5.32 Å². The zero-order chi connectivity index (χ0) is 20.8. The van der Waals surface area contributed by atoms with E-state index in [0.29, 0.717) is 11.6 Å². The number of nitrogens with zero attached hydrogens (tertiary/aromatic N) is 1. The molecule has 0 unspecified atom stereocenters. The summed E-state index contributed by atoms with van der Waals surface area (Å²) in [7, 11) is 2.39. The van der Waals surface area contributed by atoms with Crippen molar-refractivity contribution in [2.45, 2.75) is 12.5 Å². The zero-order valence-electron chi connectivity index (χ0n) is 14.9. The standard InChI is InChI=1S/C18H16F2N2O6/c1-27-16-6-3-10(8-15(16)22(25)26)7-14(18(24)28-2)21-17(23)11-4-5-12(19)13(20)9-11/h3-6,8-9,14H,7H2,1-2H3,(H,21,23)/t14-/m1/s1. The topological polar surface area (TPSA) is 108 Å². The summed E-state index contributed by atoms with van der Waals surface area (Å²) in [6.07, 6.45) is -0.132. The average Bonchev–Trinajstić information content (AvgIpc) is 2.68. The second-order valence-corrected chi connectivity index (χ2v) is 5.65. The van der Waals surface area contributed by atoms with Gasteiger partial charge in [-0.3, -0.25) is 14.9 Å². The molecular weight excluding hydrogens is 378 g/mol. The summed E-state index contributed by atoms with van der Waals surface area (Å²) in [5.74, 6) is -3.94. The number of nitro groups is 1. The highest BCUT2D eigenvalue weighted by Gasteiger charge is 2.25. The molecule has 0 spiro atoms. The first-order valence-corrected chi connectivity index (χ1v) is 7.91. The Kier molecular flexibility index (Phi) is 6.59.